The van der Waals surface area contributed by atoms with Gasteiger partial charge in [-0.25, -0.2) is 0 Å². The third kappa shape index (κ3) is 3.16. The lowest BCUT2D eigenvalue weighted by Gasteiger charge is -2.30. The molecule has 0 saturated heterocycles. The zero-order valence-electron chi connectivity index (χ0n) is 12.1. The minimum Gasteiger partial charge on any atom is -0.315 e. The molecule has 19 heavy (non-hydrogen) atoms. The van der Waals surface area contributed by atoms with Gasteiger partial charge in [0.25, 0.3) is 0 Å². The van der Waals surface area contributed by atoms with Gasteiger partial charge in [-0.3, -0.25) is 4.79 Å². The molecule has 1 unspecified atom stereocenters. The molecule has 1 aliphatic heterocycles. The van der Waals surface area contributed by atoms with Gasteiger partial charge in [0.05, 0.1) is 0 Å². The number of para-hydroxylation sites is 1. The van der Waals surface area contributed by atoms with Crippen molar-refractivity contribution in [3.8, 4) is 0 Å². The molecule has 3 heteroatoms. The highest BCUT2D eigenvalue weighted by Gasteiger charge is 2.25. The second-order valence-corrected chi connectivity index (χ2v) is 5.63. The van der Waals surface area contributed by atoms with Crippen LogP contribution in [0, 0.1) is 5.92 Å². The monoisotopic (exact) mass is 260 g/mol. The molecule has 1 amide bonds. The van der Waals surface area contributed by atoms with Crippen LogP contribution in [0.4, 0.5) is 5.69 Å². The van der Waals surface area contributed by atoms with Crippen LogP contribution in [-0.2, 0) is 11.2 Å². The van der Waals surface area contributed by atoms with Crippen molar-refractivity contribution >= 4 is 11.6 Å². The fraction of sp³-hybridized carbons (Fsp3) is 0.562. The van der Waals surface area contributed by atoms with Crippen molar-refractivity contribution < 1.29 is 4.79 Å². The molecule has 0 bridgehead atoms. The van der Waals surface area contributed by atoms with E-state index in [2.05, 4.69) is 37.4 Å². The Morgan fingerprint density at radius 3 is 2.68 bits per heavy atom. The number of carbonyl (C=O) groups excluding carboxylic acids is 1. The zero-order valence-corrected chi connectivity index (χ0v) is 12.1. The Hall–Kier alpha value is -1.35. The van der Waals surface area contributed by atoms with E-state index in [1.54, 1.807) is 0 Å². The number of fused-ring (bicyclic) bond motifs is 1. The van der Waals surface area contributed by atoms with Crippen molar-refractivity contribution in [2.24, 2.45) is 5.92 Å². The zero-order chi connectivity index (χ0) is 13.8. The van der Waals surface area contributed by atoms with Crippen molar-refractivity contribution in [2.75, 3.05) is 18.5 Å². The molecule has 1 N–H and O–H groups in total. The van der Waals surface area contributed by atoms with Crippen molar-refractivity contribution in [2.45, 2.75) is 39.2 Å². The number of benzene rings is 1. The minimum atomic E-state index is 0.255. The summed E-state index contributed by atoms with van der Waals surface area (Å²) in [5.41, 5.74) is 2.40. The Morgan fingerprint density at radius 1 is 1.26 bits per heavy atom. The molecule has 3 nitrogen and oxygen atoms in total. The summed E-state index contributed by atoms with van der Waals surface area (Å²) in [6.07, 6.45) is 2.62. The topological polar surface area (TPSA) is 32.3 Å². The molecule has 1 aromatic carbocycles. The first-order valence-electron chi connectivity index (χ1n) is 7.19. The van der Waals surface area contributed by atoms with E-state index in [1.165, 1.54) is 5.56 Å². The number of rotatable bonds is 4. The highest BCUT2D eigenvalue weighted by Crippen LogP contribution is 2.27. The summed E-state index contributed by atoms with van der Waals surface area (Å²) in [5, 5.41) is 3.33. The van der Waals surface area contributed by atoms with Crippen LogP contribution in [0.25, 0.3) is 0 Å². The van der Waals surface area contributed by atoms with Gasteiger partial charge in [0, 0.05) is 24.7 Å². The summed E-state index contributed by atoms with van der Waals surface area (Å²) >= 11 is 0. The van der Waals surface area contributed by atoms with Gasteiger partial charge in [0.15, 0.2) is 0 Å². The fourth-order valence-corrected chi connectivity index (χ4v) is 2.72. The third-order valence-corrected chi connectivity index (χ3v) is 3.98. The number of aryl methyl sites for hydroxylation is 1. The Labute approximate surface area is 116 Å². The van der Waals surface area contributed by atoms with Gasteiger partial charge in [-0.15, -0.1) is 0 Å². The van der Waals surface area contributed by atoms with Crippen LogP contribution in [0.5, 0.6) is 0 Å². The highest BCUT2D eigenvalue weighted by molar-refractivity contribution is 5.94. The predicted octanol–water partition coefficient (Wildman–Crippen LogP) is 2.60. The average Bonchev–Trinajstić information content (AvgIpc) is 2.55. The summed E-state index contributed by atoms with van der Waals surface area (Å²) < 4.78 is 0. The number of nitrogens with zero attached hydrogens (tertiary/aromatic N) is 1. The van der Waals surface area contributed by atoms with Gasteiger partial charge in [-0.2, -0.15) is 0 Å². The van der Waals surface area contributed by atoms with Crippen LogP contribution in [0.1, 0.15) is 32.3 Å². The molecule has 0 spiro atoms. The van der Waals surface area contributed by atoms with E-state index in [1.807, 2.05) is 18.0 Å². The number of hydrogen-bond donors (Lipinski definition) is 1. The molecule has 1 heterocycles. The van der Waals surface area contributed by atoms with E-state index in [-0.39, 0.29) is 5.91 Å². The Bertz CT molecular complexity index is 442. The first-order valence-corrected chi connectivity index (χ1v) is 7.19. The predicted molar refractivity (Wildman–Crippen MR) is 79.4 cm³/mol. The van der Waals surface area contributed by atoms with E-state index in [9.17, 15) is 4.79 Å². The second-order valence-electron chi connectivity index (χ2n) is 5.63. The van der Waals surface area contributed by atoms with Crippen LogP contribution in [0.3, 0.4) is 0 Å². The third-order valence-electron chi connectivity index (χ3n) is 3.98. The molecule has 1 aromatic rings. The molecule has 0 fully saturated rings. The summed E-state index contributed by atoms with van der Waals surface area (Å²) in [6, 6.07) is 8.63. The van der Waals surface area contributed by atoms with Crippen LogP contribution in [0.2, 0.25) is 0 Å². The SMILES string of the molecule is CNC(CN1C(=O)CCCc2ccccc21)C(C)C. The lowest BCUT2D eigenvalue weighted by Crippen LogP contribution is -2.45. The van der Waals surface area contributed by atoms with E-state index in [4.69, 9.17) is 0 Å². The van der Waals surface area contributed by atoms with Crippen LogP contribution < -0.4 is 10.2 Å². The van der Waals surface area contributed by atoms with Crippen LogP contribution in [-0.4, -0.2) is 25.5 Å². The van der Waals surface area contributed by atoms with Crippen molar-refractivity contribution in [3.63, 3.8) is 0 Å². The minimum absolute atomic E-state index is 0.255. The van der Waals surface area contributed by atoms with Gasteiger partial charge in [-0.05, 0) is 37.4 Å². The fourth-order valence-electron chi connectivity index (χ4n) is 2.72. The van der Waals surface area contributed by atoms with Crippen molar-refractivity contribution in [1.82, 2.24) is 5.32 Å². The largest absolute Gasteiger partial charge is 0.315 e. The molecule has 0 aliphatic carbocycles. The molecular weight excluding hydrogens is 236 g/mol. The lowest BCUT2D eigenvalue weighted by molar-refractivity contribution is -0.118. The first-order chi connectivity index (χ1) is 9.13. The molecule has 2 rings (SSSR count). The standard InChI is InChI=1S/C16H24N2O/c1-12(2)14(17-3)11-18-15-9-5-4-7-13(15)8-6-10-16(18)19/h4-5,7,9,12,14,17H,6,8,10-11H2,1-3H3. The Kier molecular flexibility index (Phi) is 4.59. The summed E-state index contributed by atoms with van der Waals surface area (Å²) in [4.78, 5) is 14.3. The van der Waals surface area contributed by atoms with Crippen LogP contribution >= 0.6 is 0 Å². The summed E-state index contributed by atoms with van der Waals surface area (Å²) in [5.74, 6) is 0.763. The van der Waals surface area contributed by atoms with Crippen molar-refractivity contribution in [1.29, 1.82) is 0 Å². The Morgan fingerprint density at radius 2 is 2.00 bits per heavy atom. The molecule has 1 aliphatic rings. The van der Waals surface area contributed by atoms with Gasteiger partial charge >= 0.3 is 0 Å². The first kappa shape index (κ1) is 14.1. The van der Waals surface area contributed by atoms with Gasteiger partial charge in [-0.1, -0.05) is 32.0 Å². The second kappa shape index (κ2) is 6.20. The lowest BCUT2D eigenvalue weighted by atomic mass is 10.0. The summed E-state index contributed by atoms with van der Waals surface area (Å²) in [7, 11) is 1.97. The van der Waals surface area contributed by atoms with Gasteiger partial charge < -0.3 is 10.2 Å². The van der Waals surface area contributed by atoms with E-state index >= 15 is 0 Å². The number of likely N-dealkylation sites (N-methyl/N-ethyl adjacent to an activating group) is 1. The maximum atomic E-state index is 12.3. The molecule has 0 radical (unpaired) electrons. The number of carbonyl (C=O) groups is 1. The quantitative estimate of drug-likeness (QED) is 0.902. The van der Waals surface area contributed by atoms with Gasteiger partial charge in [0.1, 0.15) is 0 Å². The summed E-state index contributed by atoms with van der Waals surface area (Å²) in [6.45, 7) is 5.13. The van der Waals surface area contributed by atoms with E-state index in [0.717, 1.165) is 25.1 Å². The molecule has 104 valence electrons. The number of nitrogens with one attached hydrogen (secondary N) is 1. The molecular formula is C16H24N2O. The molecule has 0 saturated carbocycles. The number of amides is 1. The molecule has 1 atom stereocenters. The normalized spacial score (nSPS) is 17.3. The van der Waals surface area contributed by atoms with Gasteiger partial charge in [0.2, 0.25) is 5.91 Å². The Balaban J connectivity index is 2.28. The van der Waals surface area contributed by atoms with E-state index < -0.39 is 0 Å². The van der Waals surface area contributed by atoms with E-state index in [0.29, 0.717) is 18.4 Å². The van der Waals surface area contributed by atoms with Crippen molar-refractivity contribution in [3.05, 3.63) is 29.8 Å². The van der Waals surface area contributed by atoms with Crippen LogP contribution in [0.15, 0.2) is 24.3 Å². The average molecular weight is 260 g/mol. The molecule has 0 aromatic heterocycles. The maximum Gasteiger partial charge on any atom is 0.227 e. The maximum absolute atomic E-state index is 12.3. The number of anilines is 1. The number of hydrogen-bond acceptors (Lipinski definition) is 2. The highest BCUT2D eigenvalue weighted by atomic mass is 16.2. The smallest absolute Gasteiger partial charge is 0.227 e.